The lowest BCUT2D eigenvalue weighted by atomic mass is 9.96. The largest absolute Gasteiger partial charge is 0.451 e. The Morgan fingerprint density at radius 3 is 2.72 bits per heavy atom. The van der Waals surface area contributed by atoms with E-state index in [-0.39, 0.29) is 11.9 Å². The van der Waals surface area contributed by atoms with Gasteiger partial charge in [0.05, 0.1) is 0 Å². The monoisotopic (exact) mass is 341 g/mol. The molecule has 2 aromatic rings. The number of nitrogens with one attached hydrogen (secondary N) is 2. The summed E-state index contributed by atoms with van der Waals surface area (Å²) >= 11 is 0. The first-order valence-corrected chi connectivity index (χ1v) is 8.58. The van der Waals surface area contributed by atoms with E-state index in [9.17, 15) is 9.59 Å². The van der Waals surface area contributed by atoms with Crippen LogP contribution in [-0.4, -0.2) is 43.0 Å². The lowest BCUT2D eigenvalue weighted by Gasteiger charge is -2.31. The van der Waals surface area contributed by atoms with E-state index in [4.69, 9.17) is 4.42 Å². The van der Waals surface area contributed by atoms with E-state index in [1.807, 2.05) is 29.2 Å². The molecule has 1 aliphatic heterocycles. The molecule has 1 aliphatic rings. The first kappa shape index (κ1) is 17.1. The van der Waals surface area contributed by atoms with Gasteiger partial charge in [-0.25, -0.2) is 4.79 Å². The van der Waals surface area contributed by atoms with Crippen LogP contribution >= 0.6 is 0 Å². The lowest BCUT2D eigenvalue weighted by Crippen LogP contribution is -2.43. The molecule has 0 bridgehead atoms. The number of para-hydroxylation sites is 1. The molecule has 3 rings (SSSR count). The third kappa shape index (κ3) is 4.21. The number of benzene rings is 1. The second-order valence-corrected chi connectivity index (χ2v) is 6.26. The number of amides is 3. The molecule has 6 nitrogen and oxygen atoms in total. The maximum Gasteiger partial charge on any atom is 0.315 e. The Kier molecular flexibility index (Phi) is 5.38. The van der Waals surface area contributed by atoms with E-state index in [1.165, 1.54) is 0 Å². The Bertz CT molecular complexity index is 727. The molecule has 2 N–H and O–H groups in total. The van der Waals surface area contributed by atoms with Crippen LogP contribution in [0.15, 0.2) is 47.4 Å². The SMILES string of the molecule is C=CCNC(=O)NCC1CCN(C(=O)c2cc3ccccc3o2)CC1. The van der Waals surface area contributed by atoms with Gasteiger partial charge in [-0.1, -0.05) is 24.3 Å². The molecule has 0 saturated carbocycles. The van der Waals surface area contributed by atoms with Crippen LogP contribution < -0.4 is 10.6 Å². The second kappa shape index (κ2) is 7.88. The summed E-state index contributed by atoms with van der Waals surface area (Å²) in [6, 6.07) is 9.24. The summed E-state index contributed by atoms with van der Waals surface area (Å²) in [5, 5.41) is 6.49. The Labute approximate surface area is 146 Å². The van der Waals surface area contributed by atoms with Crippen LogP contribution in [0.2, 0.25) is 0 Å². The van der Waals surface area contributed by atoms with Gasteiger partial charge in [0.2, 0.25) is 0 Å². The Balaban J connectivity index is 1.49. The summed E-state index contributed by atoms with van der Waals surface area (Å²) in [6.07, 6.45) is 3.38. The molecule has 3 amide bonds. The molecule has 0 atom stereocenters. The smallest absolute Gasteiger partial charge is 0.315 e. The maximum absolute atomic E-state index is 12.6. The normalized spacial score (nSPS) is 15.1. The van der Waals surface area contributed by atoms with Crippen LogP contribution in [0.3, 0.4) is 0 Å². The molecule has 1 aromatic carbocycles. The molecule has 2 heterocycles. The molecule has 0 unspecified atom stereocenters. The minimum Gasteiger partial charge on any atom is -0.451 e. The first-order valence-electron chi connectivity index (χ1n) is 8.58. The second-order valence-electron chi connectivity index (χ2n) is 6.26. The van der Waals surface area contributed by atoms with Gasteiger partial charge in [0.1, 0.15) is 5.58 Å². The zero-order valence-corrected chi connectivity index (χ0v) is 14.2. The van der Waals surface area contributed by atoms with Gasteiger partial charge >= 0.3 is 6.03 Å². The molecule has 132 valence electrons. The molecule has 0 aliphatic carbocycles. The molecule has 25 heavy (non-hydrogen) atoms. The van der Waals surface area contributed by atoms with Gasteiger partial charge in [0.15, 0.2) is 5.76 Å². The number of fused-ring (bicyclic) bond motifs is 1. The zero-order valence-electron chi connectivity index (χ0n) is 14.2. The van der Waals surface area contributed by atoms with Gasteiger partial charge in [-0.05, 0) is 30.9 Å². The van der Waals surface area contributed by atoms with Crippen molar-refractivity contribution < 1.29 is 14.0 Å². The highest BCUT2D eigenvalue weighted by molar-refractivity contribution is 5.96. The standard InChI is InChI=1S/C19H23N3O3/c1-2-9-20-19(24)21-13-14-7-10-22(11-8-14)18(23)17-12-15-5-3-4-6-16(15)25-17/h2-6,12,14H,1,7-11,13H2,(H2,20,21,24). The van der Waals surface area contributed by atoms with E-state index in [0.717, 1.165) is 23.8 Å². The number of carbonyl (C=O) groups is 2. The van der Waals surface area contributed by atoms with Crippen molar-refractivity contribution in [3.8, 4) is 0 Å². The third-order valence-corrected chi connectivity index (χ3v) is 4.50. The van der Waals surface area contributed by atoms with Crippen molar-refractivity contribution in [1.29, 1.82) is 0 Å². The molecule has 1 fully saturated rings. The molecule has 6 heteroatoms. The van der Waals surface area contributed by atoms with E-state index in [0.29, 0.717) is 37.9 Å². The quantitative estimate of drug-likeness (QED) is 0.821. The molecular formula is C19H23N3O3. The van der Waals surface area contributed by atoms with Gasteiger partial charge < -0.3 is 20.0 Å². The average Bonchev–Trinajstić information content (AvgIpc) is 3.08. The first-order chi connectivity index (χ1) is 12.2. The number of urea groups is 1. The molecule has 0 spiro atoms. The fourth-order valence-electron chi connectivity index (χ4n) is 3.05. The number of piperidine rings is 1. The van der Waals surface area contributed by atoms with Gasteiger partial charge in [-0.15, -0.1) is 6.58 Å². The van der Waals surface area contributed by atoms with Crippen molar-refractivity contribution in [3.63, 3.8) is 0 Å². The Morgan fingerprint density at radius 2 is 2.00 bits per heavy atom. The van der Waals surface area contributed by atoms with Crippen LogP contribution in [0.5, 0.6) is 0 Å². The predicted octanol–water partition coefficient (Wildman–Crippen LogP) is 2.77. The highest BCUT2D eigenvalue weighted by Crippen LogP contribution is 2.23. The molecule has 0 radical (unpaired) electrons. The summed E-state index contributed by atoms with van der Waals surface area (Å²) in [4.78, 5) is 26.0. The number of carbonyl (C=O) groups excluding carboxylic acids is 2. The van der Waals surface area contributed by atoms with Gasteiger partial charge in [-0.2, -0.15) is 0 Å². The summed E-state index contributed by atoms with van der Waals surface area (Å²) in [5.74, 6) is 0.710. The number of likely N-dealkylation sites (tertiary alicyclic amines) is 1. The van der Waals surface area contributed by atoms with Crippen LogP contribution in [0, 0.1) is 5.92 Å². The van der Waals surface area contributed by atoms with E-state index >= 15 is 0 Å². The van der Waals surface area contributed by atoms with Crippen molar-refractivity contribution in [3.05, 3.63) is 48.7 Å². The number of hydrogen-bond acceptors (Lipinski definition) is 3. The van der Waals surface area contributed by atoms with Crippen LogP contribution in [0.25, 0.3) is 11.0 Å². The van der Waals surface area contributed by atoms with E-state index in [1.54, 1.807) is 12.1 Å². The van der Waals surface area contributed by atoms with Gasteiger partial charge in [0.25, 0.3) is 5.91 Å². The lowest BCUT2D eigenvalue weighted by molar-refractivity contribution is 0.0661. The summed E-state index contributed by atoms with van der Waals surface area (Å²) in [7, 11) is 0. The highest BCUT2D eigenvalue weighted by Gasteiger charge is 2.25. The fourth-order valence-corrected chi connectivity index (χ4v) is 3.05. The Hall–Kier alpha value is -2.76. The van der Waals surface area contributed by atoms with Crippen molar-refractivity contribution in [2.75, 3.05) is 26.2 Å². The number of nitrogens with zero attached hydrogens (tertiary/aromatic N) is 1. The number of hydrogen-bond donors (Lipinski definition) is 2. The number of rotatable bonds is 5. The van der Waals surface area contributed by atoms with Crippen molar-refractivity contribution >= 4 is 22.9 Å². The maximum atomic E-state index is 12.6. The summed E-state index contributed by atoms with van der Waals surface area (Å²) in [6.45, 7) is 5.99. The van der Waals surface area contributed by atoms with Crippen LogP contribution in [0.4, 0.5) is 4.79 Å². The van der Waals surface area contributed by atoms with Gasteiger partial charge in [0, 0.05) is 31.6 Å². The minimum absolute atomic E-state index is 0.0636. The predicted molar refractivity (Wildman–Crippen MR) is 96.4 cm³/mol. The summed E-state index contributed by atoms with van der Waals surface area (Å²) < 4.78 is 5.66. The highest BCUT2D eigenvalue weighted by atomic mass is 16.3. The van der Waals surface area contributed by atoms with Crippen LogP contribution in [0.1, 0.15) is 23.4 Å². The summed E-state index contributed by atoms with van der Waals surface area (Å²) in [5.41, 5.74) is 0.732. The average molecular weight is 341 g/mol. The molecule has 1 aromatic heterocycles. The van der Waals surface area contributed by atoms with Crippen molar-refractivity contribution in [2.45, 2.75) is 12.8 Å². The third-order valence-electron chi connectivity index (χ3n) is 4.50. The fraction of sp³-hybridized carbons (Fsp3) is 0.368. The molecular weight excluding hydrogens is 318 g/mol. The van der Waals surface area contributed by atoms with E-state index < -0.39 is 0 Å². The minimum atomic E-state index is -0.180. The van der Waals surface area contributed by atoms with Crippen molar-refractivity contribution in [1.82, 2.24) is 15.5 Å². The molecule has 1 saturated heterocycles. The number of furan rings is 1. The van der Waals surface area contributed by atoms with E-state index in [2.05, 4.69) is 17.2 Å². The zero-order chi connectivity index (χ0) is 17.6. The Morgan fingerprint density at radius 1 is 1.24 bits per heavy atom. The van der Waals surface area contributed by atoms with Crippen molar-refractivity contribution in [2.24, 2.45) is 5.92 Å². The van der Waals surface area contributed by atoms with Gasteiger partial charge in [-0.3, -0.25) is 4.79 Å². The van der Waals surface area contributed by atoms with Crippen LogP contribution in [-0.2, 0) is 0 Å². The topological polar surface area (TPSA) is 74.6 Å².